The monoisotopic (exact) mass is 377 g/mol. The van der Waals surface area contributed by atoms with Crippen molar-refractivity contribution in [2.75, 3.05) is 25.3 Å². The smallest absolute Gasteiger partial charge is 0.346 e. The van der Waals surface area contributed by atoms with Gasteiger partial charge in [0.2, 0.25) is 5.91 Å². The summed E-state index contributed by atoms with van der Waals surface area (Å²) in [6, 6.07) is 5.42. The number of carbonyl (C=O) groups is 2. The Morgan fingerprint density at radius 2 is 2.00 bits per heavy atom. The summed E-state index contributed by atoms with van der Waals surface area (Å²) in [5.74, 6) is -0.463. The van der Waals surface area contributed by atoms with Crippen LogP contribution in [0.5, 0.6) is 5.75 Å². The van der Waals surface area contributed by atoms with Crippen LogP contribution in [0.25, 0.3) is 0 Å². The molecule has 8 nitrogen and oxygen atoms in total. The maximum atomic E-state index is 12.3. The van der Waals surface area contributed by atoms with Crippen LogP contribution in [-0.2, 0) is 9.53 Å². The molecule has 0 unspecified atom stereocenters. The first-order valence-electron chi connectivity index (χ1n) is 7.62. The lowest BCUT2D eigenvalue weighted by molar-refractivity contribution is -0.113. The van der Waals surface area contributed by atoms with Gasteiger partial charge in [0.1, 0.15) is 16.3 Å². The highest BCUT2D eigenvalue weighted by Gasteiger charge is 2.19. The number of thioether (sulfide) groups is 1. The number of amides is 1. The number of esters is 1. The first-order chi connectivity index (χ1) is 12.3. The van der Waals surface area contributed by atoms with E-state index in [9.17, 15) is 14.4 Å². The van der Waals surface area contributed by atoms with E-state index in [2.05, 4.69) is 15.3 Å². The van der Waals surface area contributed by atoms with E-state index >= 15 is 0 Å². The molecule has 1 heterocycles. The molecule has 2 aromatic rings. The van der Waals surface area contributed by atoms with Gasteiger partial charge in [-0.3, -0.25) is 4.79 Å². The Kier molecular flexibility index (Phi) is 6.40. The van der Waals surface area contributed by atoms with Crippen molar-refractivity contribution in [3.63, 3.8) is 0 Å². The fourth-order valence-electron chi connectivity index (χ4n) is 2.25. The molecule has 2 N–H and O–H groups in total. The Morgan fingerprint density at radius 1 is 1.27 bits per heavy atom. The highest BCUT2D eigenvalue weighted by Crippen LogP contribution is 2.26. The van der Waals surface area contributed by atoms with Gasteiger partial charge in [0.15, 0.2) is 0 Å². The van der Waals surface area contributed by atoms with Gasteiger partial charge < -0.3 is 19.8 Å². The Hall–Kier alpha value is -2.81. The number of aromatic nitrogens is 2. The van der Waals surface area contributed by atoms with Gasteiger partial charge in [-0.25, -0.2) is 9.59 Å². The van der Waals surface area contributed by atoms with Crippen LogP contribution < -0.4 is 15.7 Å². The van der Waals surface area contributed by atoms with Crippen LogP contribution in [0.15, 0.2) is 28.0 Å². The molecule has 0 fully saturated rings. The minimum Gasteiger partial charge on any atom is -0.495 e. The molecule has 0 bridgehead atoms. The van der Waals surface area contributed by atoms with Crippen molar-refractivity contribution in [1.82, 2.24) is 9.97 Å². The van der Waals surface area contributed by atoms with Crippen molar-refractivity contribution < 1.29 is 19.1 Å². The molecular formula is C17H19N3O5S. The molecule has 2 rings (SSSR count). The van der Waals surface area contributed by atoms with Crippen LogP contribution in [0, 0.1) is 13.8 Å². The lowest BCUT2D eigenvalue weighted by Crippen LogP contribution is -2.20. The summed E-state index contributed by atoms with van der Waals surface area (Å²) < 4.78 is 9.93. The molecule has 26 heavy (non-hydrogen) atoms. The van der Waals surface area contributed by atoms with E-state index in [1.54, 1.807) is 19.1 Å². The number of hydrogen-bond acceptors (Lipinski definition) is 7. The number of benzene rings is 1. The maximum Gasteiger partial charge on any atom is 0.346 e. The van der Waals surface area contributed by atoms with E-state index in [1.807, 2.05) is 13.0 Å². The van der Waals surface area contributed by atoms with Crippen LogP contribution in [0.1, 0.15) is 21.6 Å². The lowest BCUT2D eigenvalue weighted by Gasteiger charge is -2.11. The molecule has 0 radical (unpaired) electrons. The first kappa shape index (κ1) is 19.5. The molecule has 9 heteroatoms. The van der Waals surface area contributed by atoms with E-state index in [-0.39, 0.29) is 22.2 Å². The second-order valence-electron chi connectivity index (χ2n) is 5.38. The molecule has 0 saturated carbocycles. The average Bonchev–Trinajstić information content (AvgIpc) is 2.59. The minimum absolute atomic E-state index is 0.0447. The molecule has 0 spiro atoms. The molecular weight excluding hydrogens is 358 g/mol. The van der Waals surface area contributed by atoms with Crippen LogP contribution >= 0.6 is 11.8 Å². The van der Waals surface area contributed by atoms with Crippen molar-refractivity contribution in [3.05, 3.63) is 45.5 Å². The topological polar surface area (TPSA) is 110 Å². The summed E-state index contributed by atoms with van der Waals surface area (Å²) >= 11 is 0.979. The summed E-state index contributed by atoms with van der Waals surface area (Å²) in [5.41, 5.74) is 1.38. The van der Waals surface area contributed by atoms with Crippen molar-refractivity contribution in [2.45, 2.75) is 18.9 Å². The van der Waals surface area contributed by atoms with Crippen molar-refractivity contribution in [1.29, 1.82) is 0 Å². The van der Waals surface area contributed by atoms with Gasteiger partial charge in [-0.2, -0.15) is 4.98 Å². The zero-order chi connectivity index (χ0) is 19.3. The number of ether oxygens (including phenoxy) is 2. The highest BCUT2D eigenvalue weighted by atomic mass is 32.2. The number of aromatic amines is 1. The number of rotatable bonds is 6. The number of nitrogens with zero attached hydrogens (tertiary/aromatic N) is 1. The van der Waals surface area contributed by atoms with Crippen molar-refractivity contribution >= 4 is 29.3 Å². The Balaban J connectivity index is 2.17. The normalized spacial score (nSPS) is 10.3. The average molecular weight is 377 g/mol. The lowest BCUT2D eigenvalue weighted by atomic mass is 10.2. The minimum atomic E-state index is -0.630. The Bertz CT molecular complexity index is 894. The quantitative estimate of drug-likeness (QED) is 0.449. The second kappa shape index (κ2) is 8.52. The predicted octanol–water partition coefficient (Wildman–Crippen LogP) is 1.91. The number of H-pyrrole nitrogens is 1. The summed E-state index contributed by atoms with van der Waals surface area (Å²) in [6.07, 6.45) is 0. The summed E-state index contributed by atoms with van der Waals surface area (Å²) in [6.45, 7) is 3.46. The van der Waals surface area contributed by atoms with E-state index in [1.165, 1.54) is 14.2 Å². The van der Waals surface area contributed by atoms with Crippen LogP contribution in [-0.4, -0.2) is 41.8 Å². The Labute approximate surface area is 154 Å². The molecule has 1 aromatic carbocycles. The number of hydrogen-bond donors (Lipinski definition) is 2. The summed E-state index contributed by atoms with van der Waals surface area (Å²) in [5, 5.41) is 2.89. The van der Waals surface area contributed by atoms with Crippen LogP contribution in [0.2, 0.25) is 0 Å². The molecule has 0 saturated heterocycles. The predicted molar refractivity (Wildman–Crippen MR) is 98.0 cm³/mol. The van der Waals surface area contributed by atoms with Crippen molar-refractivity contribution in [3.8, 4) is 5.75 Å². The van der Waals surface area contributed by atoms with E-state index in [0.29, 0.717) is 17.1 Å². The van der Waals surface area contributed by atoms with Crippen LogP contribution in [0.3, 0.4) is 0 Å². The molecule has 0 aliphatic rings. The SMILES string of the molecule is COC(=O)c1c(SCC(=O)Nc2cc(C)ccc2OC)nc(=O)[nH]c1C. The summed E-state index contributed by atoms with van der Waals surface area (Å²) in [4.78, 5) is 42.0. The zero-order valence-corrected chi connectivity index (χ0v) is 15.7. The van der Waals surface area contributed by atoms with Gasteiger partial charge in [-0.15, -0.1) is 0 Å². The molecule has 0 atom stereocenters. The fraction of sp³-hybridized carbons (Fsp3) is 0.294. The standard InChI is InChI=1S/C17H19N3O5S/c1-9-5-6-12(24-3)11(7-9)19-13(21)8-26-15-14(16(22)25-4)10(2)18-17(23)20-15/h5-7H,8H2,1-4H3,(H,19,21)(H,18,20,23). The number of methoxy groups -OCH3 is 2. The highest BCUT2D eigenvalue weighted by molar-refractivity contribution is 8.00. The van der Waals surface area contributed by atoms with Gasteiger partial charge in [-0.05, 0) is 31.5 Å². The van der Waals surface area contributed by atoms with E-state index in [4.69, 9.17) is 9.47 Å². The third kappa shape index (κ3) is 4.63. The van der Waals surface area contributed by atoms with Gasteiger partial charge in [0.05, 0.1) is 25.7 Å². The number of carbonyl (C=O) groups excluding carboxylic acids is 2. The Morgan fingerprint density at radius 3 is 2.65 bits per heavy atom. The van der Waals surface area contributed by atoms with Crippen LogP contribution in [0.4, 0.5) is 5.69 Å². The van der Waals surface area contributed by atoms with E-state index < -0.39 is 11.7 Å². The van der Waals surface area contributed by atoms with Gasteiger partial charge in [0, 0.05) is 5.69 Å². The largest absolute Gasteiger partial charge is 0.495 e. The third-order valence-electron chi connectivity index (χ3n) is 3.44. The first-order valence-corrected chi connectivity index (χ1v) is 8.60. The molecule has 1 aromatic heterocycles. The zero-order valence-electron chi connectivity index (χ0n) is 14.8. The molecule has 0 aliphatic heterocycles. The van der Waals surface area contributed by atoms with E-state index in [0.717, 1.165) is 17.3 Å². The fourth-order valence-corrected chi connectivity index (χ4v) is 3.11. The van der Waals surface area contributed by atoms with Crippen molar-refractivity contribution in [2.24, 2.45) is 0 Å². The maximum absolute atomic E-state index is 12.3. The molecule has 0 aliphatic carbocycles. The third-order valence-corrected chi connectivity index (χ3v) is 4.42. The molecule has 1 amide bonds. The van der Waals surface area contributed by atoms with Gasteiger partial charge >= 0.3 is 11.7 Å². The number of aryl methyl sites for hydroxylation is 2. The number of nitrogens with one attached hydrogen (secondary N) is 2. The summed E-state index contributed by atoms with van der Waals surface area (Å²) in [7, 11) is 2.75. The van der Waals surface area contributed by atoms with Gasteiger partial charge in [0.25, 0.3) is 0 Å². The van der Waals surface area contributed by atoms with Gasteiger partial charge in [-0.1, -0.05) is 17.8 Å². The molecule has 138 valence electrons. The number of anilines is 1. The second-order valence-corrected chi connectivity index (χ2v) is 6.34.